The fourth-order valence-electron chi connectivity index (χ4n) is 4.05. The van der Waals surface area contributed by atoms with E-state index in [1.165, 1.54) is 83.5 Å². The predicted molar refractivity (Wildman–Crippen MR) is 123 cm³/mol. The van der Waals surface area contributed by atoms with Crippen molar-refractivity contribution in [2.75, 3.05) is 0 Å². The van der Waals surface area contributed by atoms with E-state index in [2.05, 4.69) is 6.92 Å². The van der Waals surface area contributed by atoms with Crippen LogP contribution in [0.3, 0.4) is 0 Å². The summed E-state index contributed by atoms with van der Waals surface area (Å²) >= 11 is 0. The molecule has 0 aromatic carbocycles. The average Bonchev–Trinajstić information content (AvgIpc) is 2.66. The zero-order valence-electron chi connectivity index (χ0n) is 20.4. The maximum absolute atomic E-state index is 11.2. The smallest absolute Gasteiger partial charge is 0.748 e. The van der Waals surface area contributed by atoms with Gasteiger partial charge in [0.05, 0.1) is 16.2 Å². The molecular formula is C24H49NaO4S. The second-order valence-corrected chi connectivity index (χ2v) is 10.5. The van der Waals surface area contributed by atoms with Crippen LogP contribution in [0.4, 0.5) is 0 Å². The summed E-state index contributed by atoms with van der Waals surface area (Å²) in [5.41, 5.74) is 0. The third kappa shape index (κ3) is 22.1. The molecule has 0 aliphatic rings. The molecule has 176 valence electrons. The van der Waals surface area contributed by atoms with Crippen LogP contribution in [0, 0.1) is 0 Å². The molecule has 0 heterocycles. The Morgan fingerprint density at radius 3 is 1.40 bits per heavy atom. The number of hydrogen-bond acceptors (Lipinski definition) is 4. The van der Waals surface area contributed by atoms with E-state index in [0.29, 0.717) is 32.1 Å². The molecule has 0 saturated heterocycles. The zero-order chi connectivity index (χ0) is 21.8. The third-order valence-corrected chi connectivity index (χ3v) is 7.26. The Hall–Kier alpha value is 0.870. The molecule has 30 heavy (non-hydrogen) atoms. The van der Waals surface area contributed by atoms with Crippen molar-refractivity contribution in [3.63, 3.8) is 0 Å². The summed E-state index contributed by atoms with van der Waals surface area (Å²) in [6.07, 6.45) is 21.8. The van der Waals surface area contributed by atoms with E-state index in [9.17, 15) is 18.1 Å². The van der Waals surface area contributed by atoms with Gasteiger partial charge < -0.3 is 9.66 Å². The molecule has 4 nitrogen and oxygen atoms in total. The first-order chi connectivity index (χ1) is 13.9. The first-order valence-corrected chi connectivity index (χ1v) is 14.0. The minimum atomic E-state index is -4.20. The van der Waals surface area contributed by atoms with Crippen molar-refractivity contribution in [3.05, 3.63) is 0 Å². The first-order valence-electron chi connectivity index (χ1n) is 12.5. The third-order valence-electron chi connectivity index (χ3n) is 5.97. The van der Waals surface area contributed by atoms with Gasteiger partial charge in [-0.3, -0.25) is 0 Å². The normalized spacial score (nSPS) is 13.7. The Morgan fingerprint density at radius 2 is 1.00 bits per heavy atom. The Balaban J connectivity index is 0. The van der Waals surface area contributed by atoms with Gasteiger partial charge in [-0.1, -0.05) is 110 Å². The van der Waals surface area contributed by atoms with E-state index >= 15 is 0 Å². The Kier molecular flexibility index (Phi) is 25.4. The maximum atomic E-state index is 11.2. The molecule has 0 aliphatic carbocycles. The standard InChI is InChI=1S/C24H50O4S.Na/c1-3-5-6-7-8-9-10-11-12-13-14-15-16-17-20-23(25)21-18-22-24(19-4-2)29(26,27)28;/h23-25H,3-22H2,1-2H3,(H,26,27,28);/q;+1/p-1. The van der Waals surface area contributed by atoms with Gasteiger partial charge in [-0.2, -0.15) is 0 Å². The second kappa shape index (κ2) is 23.0. The van der Waals surface area contributed by atoms with Crippen molar-refractivity contribution in [2.24, 2.45) is 0 Å². The SMILES string of the molecule is CCCCCCCCCCCCCCCCC(O)CCCC(CCC)S(=O)(=O)[O-].[Na+]. The molecule has 0 radical (unpaired) electrons. The summed E-state index contributed by atoms with van der Waals surface area (Å²) in [5.74, 6) is 0. The molecule has 0 aromatic rings. The van der Waals surface area contributed by atoms with Crippen LogP contribution in [-0.2, 0) is 10.1 Å². The number of rotatable bonds is 22. The minimum absolute atomic E-state index is 0. The Bertz CT molecular complexity index is 442. The van der Waals surface area contributed by atoms with Crippen molar-refractivity contribution >= 4 is 10.1 Å². The molecule has 6 heteroatoms. The number of hydrogen-bond donors (Lipinski definition) is 1. The van der Waals surface area contributed by atoms with Crippen molar-refractivity contribution in [2.45, 2.75) is 154 Å². The average molecular weight is 457 g/mol. The van der Waals surface area contributed by atoms with Crippen LogP contribution in [-0.4, -0.2) is 29.4 Å². The van der Waals surface area contributed by atoms with Crippen LogP contribution < -0.4 is 29.6 Å². The molecule has 1 N–H and O–H groups in total. The topological polar surface area (TPSA) is 77.4 Å². The fraction of sp³-hybridized carbons (Fsp3) is 1.00. The molecule has 0 bridgehead atoms. The number of aliphatic hydroxyl groups excluding tert-OH is 1. The van der Waals surface area contributed by atoms with E-state index in [4.69, 9.17) is 0 Å². The van der Waals surface area contributed by atoms with Gasteiger partial charge in [0.2, 0.25) is 0 Å². The van der Waals surface area contributed by atoms with Gasteiger partial charge in [0.1, 0.15) is 0 Å². The molecule has 0 rings (SSSR count). The number of unbranched alkanes of at least 4 members (excludes halogenated alkanes) is 13. The predicted octanol–water partition coefficient (Wildman–Crippen LogP) is 4.11. The molecule has 2 atom stereocenters. The molecule has 0 saturated carbocycles. The van der Waals surface area contributed by atoms with E-state index in [-0.39, 0.29) is 35.7 Å². The number of aliphatic hydroxyl groups is 1. The van der Waals surface area contributed by atoms with Gasteiger partial charge >= 0.3 is 29.6 Å². The molecule has 0 aromatic heterocycles. The quantitative estimate of drug-likeness (QED) is 0.151. The molecule has 0 spiro atoms. The van der Waals surface area contributed by atoms with E-state index in [1.807, 2.05) is 6.92 Å². The van der Waals surface area contributed by atoms with Crippen molar-refractivity contribution in [3.8, 4) is 0 Å². The van der Waals surface area contributed by atoms with E-state index in [1.54, 1.807) is 0 Å². The van der Waals surface area contributed by atoms with Crippen LogP contribution in [0.2, 0.25) is 0 Å². The molecule has 0 fully saturated rings. The van der Waals surface area contributed by atoms with Gasteiger partial charge in [-0.05, 0) is 32.1 Å². The van der Waals surface area contributed by atoms with Gasteiger partial charge in [0.25, 0.3) is 0 Å². The Labute approximate surface area is 210 Å². The van der Waals surface area contributed by atoms with Crippen LogP contribution in [0.15, 0.2) is 0 Å². The molecule has 2 unspecified atom stereocenters. The van der Waals surface area contributed by atoms with Crippen LogP contribution in [0.25, 0.3) is 0 Å². The van der Waals surface area contributed by atoms with Gasteiger partial charge in [0.15, 0.2) is 0 Å². The van der Waals surface area contributed by atoms with Gasteiger partial charge in [-0.25, -0.2) is 8.42 Å². The van der Waals surface area contributed by atoms with Crippen molar-refractivity contribution < 1.29 is 47.6 Å². The summed E-state index contributed by atoms with van der Waals surface area (Å²) in [6.45, 7) is 4.16. The summed E-state index contributed by atoms with van der Waals surface area (Å²) in [5, 5.41) is 9.28. The van der Waals surface area contributed by atoms with Crippen LogP contribution in [0.5, 0.6) is 0 Å². The van der Waals surface area contributed by atoms with Gasteiger partial charge in [0, 0.05) is 5.25 Å². The van der Waals surface area contributed by atoms with Crippen LogP contribution in [0.1, 0.15) is 142 Å². The van der Waals surface area contributed by atoms with Gasteiger partial charge in [-0.15, -0.1) is 0 Å². The van der Waals surface area contributed by atoms with Crippen LogP contribution >= 0.6 is 0 Å². The van der Waals surface area contributed by atoms with E-state index in [0.717, 1.165) is 12.8 Å². The van der Waals surface area contributed by atoms with Crippen molar-refractivity contribution in [1.29, 1.82) is 0 Å². The summed E-state index contributed by atoms with van der Waals surface area (Å²) in [6, 6.07) is 0. The fourth-order valence-corrected chi connectivity index (χ4v) is 5.03. The molecule has 0 amide bonds. The summed E-state index contributed by atoms with van der Waals surface area (Å²) < 4.78 is 33.6. The maximum Gasteiger partial charge on any atom is 1.00 e. The minimum Gasteiger partial charge on any atom is -0.748 e. The second-order valence-electron chi connectivity index (χ2n) is 8.87. The molecule has 0 aliphatic heterocycles. The Morgan fingerprint density at radius 1 is 0.600 bits per heavy atom. The summed E-state index contributed by atoms with van der Waals surface area (Å²) in [7, 11) is -4.20. The van der Waals surface area contributed by atoms with E-state index < -0.39 is 15.4 Å². The zero-order valence-corrected chi connectivity index (χ0v) is 23.2. The summed E-state index contributed by atoms with van der Waals surface area (Å²) in [4.78, 5) is 0. The largest absolute Gasteiger partial charge is 1.00 e. The monoisotopic (exact) mass is 456 g/mol. The molecular weight excluding hydrogens is 407 g/mol. The first kappa shape index (κ1) is 33.0. The van der Waals surface area contributed by atoms with Crippen molar-refractivity contribution in [1.82, 2.24) is 0 Å².